The van der Waals surface area contributed by atoms with Crippen LogP contribution in [0.3, 0.4) is 0 Å². The average Bonchev–Trinajstić information content (AvgIpc) is 3.45. The van der Waals surface area contributed by atoms with E-state index < -0.39 is 0 Å². The molecule has 1 aromatic heterocycles. The Kier molecular flexibility index (Phi) is 9.47. The minimum Gasteiger partial charge on any atom is -0.465 e. The third kappa shape index (κ3) is 6.86. The molecule has 0 amide bonds. The molecular formula is C28H33ClO4S. The zero-order valence-electron chi connectivity index (χ0n) is 19.7. The van der Waals surface area contributed by atoms with E-state index in [0.29, 0.717) is 4.88 Å². The third-order valence-electron chi connectivity index (χ3n) is 6.66. The predicted octanol–water partition coefficient (Wildman–Crippen LogP) is 6.26. The molecular weight excluding hydrogens is 468 g/mol. The standard InChI is InChI=1S/C28H33ClO4S/c1-31-28(30)26-17-16-21(34-26)12-8-13-22-23(14-7-11-20-9-3-2-4-10-20)25(19-24(22)29)33-27-15-5-6-18-32-27/h2-4,9-10,16-17,22-25,27H,5-6,8,11-13,15,18-19H2,1H3/t22-,23-,24-,25-,27?/m1/s1. The highest BCUT2D eigenvalue weighted by Crippen LogP contribution is 2.41. The molecule has 182 valence electrons. The van der Waals surface area contributed by atoms with E-state index in [1.165, 1.54) is 28.9 Å². The van der Waals surface area contributed by atoms with Crippen LogP contribution in [0.1, 0.15) is 58.6 Å². The summed E-state index contributed by atoms with van der Waals surface area (Å²) in [5, 5.41) is 0.0404. The maximum Gasteiger partial charge on any atom is 0.348 e. The first-order chi connectivity index (χ1) is 16.6. The van der Waals surface area contributed by atoms with Crippen molar-refractivity contribution in [2.75, 3.05) is 13.7 Å². The maximum atomic E-state index is 11.7. The lowest BCUT2D eigenvalue weighted by atomic mass is 9.89. The van der Waals surface area contributed by atoms with E-state index >= 15 is 0 Å². The Morgan fingerprint density at radius 3 is 2.82 bits per heavy atom. The highest BCUT2D eigenvalue weighted by Gasteiger charge is 2.43. The van der Waals surface area contributed by atoms with Gasteiger partial charge in [0.15, 0.2) is 6.29 Å². The van der Waals surface area contributed by atoms with Crippen molar-refractivity contribution in [2.24, 2.45) is 11.8 Å². The fourth-order valence-electron chi connectivity index (χ4n) is 4.86. The summed E-state index contributed by atoms with van der Waals surface area (Å²) in [5.74, 6) is 7.07. The molecule has 5 atom stereocenters. The van der Waals surface area contributed by atoms with Crippen LogP contribution in [0.2, 0.25) is 0 Å². The molecule has 2 heterocycles. The van der Waals surface area contributed by atoms with Crippen molar-refractivity contribution in [1.82, 2.24) is 0 Å². The molecule has 2 aliphatic rings. The van der Waals surface area contributed by atoms with Crippen molar-refractivity contribution in [3.05, 3.63) is 57.8 Å². The predicted molar refractivity (Wildman–Crippen MR) is 136 cm³/mol. The van der Waals surface area contributed by atoms with Gasteiger partial charge in [-0.1, -0.05) is 42.2 Å². The highest BCUT2D eigenvalue weighted by molar-refractivity contribution is 7.13. The van der Waals surface area contributed by atoms with Gasteiger partial charge in [0.25, 0.3) is 0 Å². The van der Waals surface area contributed by atoms with Crippen molar-refractivity contribution in [3.63, 3.8) is 0 Å². The van der Waals surface area contributed by atoms with Crippen LogP contribution in [-0.4, -0.2) is 37.5 Å². The lowest BCUT2D eigenvalue weighted by molar-refractivity contribution is -0.192. The summed E-state index contributed by atoms with van der Waals surface area (Å²) in [6, 6.07) is 14.2. The number of esters is 1. The van der Waals surface area contributed by atoms with Crippen LogP contribution >= 0.6 is 22.9 Å². The number of hydrogen-bond acceptors (Lipinski definition) is 5. The molecule has 0 bridgehead atoms. The van der Waals surface area contributed by atoms with Crippen LogP contribution in [0.25, 0.3) is 0 Å². The Labute approximate surface area is 211 Å². The van der Waals surface area contributed by atoms with E-state index in [-0.39, 0.29) is 35.6 Å². The van der Waals surface area contributed by atoms with Gasteiger partial charge in [-0.25, -0.2) is 4.79 Å². The molecule has 1 aliphatic heterocycles. The van der Waals surface area contributed by atoms with Crippen LogP contribution in [0, 0.1) is 23.7 Å². The molecule has 0 radical (unpaired) electrons. The first-order valence-electron chi connectivity index (χ1n) is 12.2. The summed E-state index contributed by atoms with van der Waals surface area (Å²) in [4.78, 5) is 13.6. The molecule has 1 saturated carbocycles. The third-order valence-corrected chi connectivity index (χ3v) is 8.29. The number of thiophene rings is 1. The SMILES string of the molecule is COC(=O)c1ccc(CCC[C@@H]2[C@@H](C#CCc3ccccc3)[C@H](OC3CCCCO3)C[C@H]2Cl)s1. The zero-order chi connectivity index (χ0) is 23.8. The van der Waals surface area contributed by atoms with Crippen molar-refractivity contribution >= 4 is 28.9 Å². The van der Waals surface area contributed by atoms with Crippen LogP contribution in [0.15, 0.2) is 42.5 Å². The average molecular weight is 501 g/mol. The lowest BCUT2D eigenvalue weighted by Gasteiger charge is -2.28. The number of benzene rings is 1. The smallest absolute Gasteiger partial charge is 0.348 e. The van der Waals surface area contributed by atoms with Crippen LogP contribution in [0.5, 0.6) is 0 Å². The fourth-order valence-corrected chi connectivity index (χ4v) is 6.29. The molecule has 4 rings (SSSR count). The van der Waals surface area contributed by atoms with Crippen molar-refractivity contribution in [2.45, 2.75) is 69.1 Å². The first kappa shape index (κ1) is 25.3. The highest BCUT2D eigenvalue weighted by atomic mass is 35.5. The van der Waals surface area contributed by atoms with Gasteiger partial charge in [0.05, 0.1) is 19.1 Å². The van der Waals surface area contributed by atoms with E-state index in [2.05, 4.69) is 24.0 Å². The number of rotatable bonds is 8. The summed E-state index contributed by atoms with van der Waals surface area (Å²) < 4.78 is 17.1. The molecule has 1 aliphatic carbocycles. The van der Waals surface area contributed by atoms with Crippen molar-refractivity contribution in [3.8, 4) is 11.8 Å². The van der Waals surface area contributed by atoms with Gasteiger partial charge in [-0.3, -0.25) is 0 Å². The van der Waals surface area contributed by atoms with Gasteiger partial charge in [0.2, 0.25) is 0 Å². The number of alkyl halides is 1. The first-order valence-corrected chi connectivity index (χ1v) is 13.5. The normalized spacial score (nSPS) is 26.6. The van der Waals surface area contributed by atoms with Gasteiger partial charge >= 0.3 is 5.97 Å². The Morgan fingerprint density at radius 2 is 2.06 bits per heavy atom. The molecule has 1 aromatic carbocycles. The molecule has 0 spiro atoms. The van der Waals surface area contributed by atoms with E-state index in [1.54, 1.807) is 0 Å². The Balaban J connectivity index is 1.40. The number of hydrogen-bond donors (Lipinski definition) is 0. The van der Waals surface area contributed by atoms with Crippen LogP contribution in [0.4, 0.5) is 0 Å². The zero-order valence-corrected chi connectivity index (χ0v) is 21.3. The molecule has 4 nitrogen and oxygen atoms in total. The van der Waals surface area contributed by atoms with E-state index in [9.17, 15) is 4.79 Å². The monoisotopic (exact) mass is 500 g/mol. The van der Waals surface area contributed by atoms with Crippen LogP contribution < -0.4 is 0 Å². The van der Waals surface area contributed by atoms with E-state index in [4.69, 9.17) is 25.8 Å². The number of halogens is 1. The van der Waals surface area contributed by atoms with E-state index in [1.807, 2.05) is 30.3 Å². The second kappa shape index (κ2) is 12.7. The Morgan fingerprint density at radius 1 is 1.21 bits per heavy atom. The molecule has 1 unspecified atom stereocenters. The van der Waals surface area contributed by atoms with Gasteiger partial charge in [-0.05, 0) is 68.6 Å². The van der Waals surface area contributed by atoms with Gasteiger partial charge in [-0.2, -0.15) is 0 Å². The summed E-state index contributed by atoms with van der Waals surface area (Å²) in [6.07, 6.45) is 7.50. The largest absolute Gasteiger partial charge is 0.465 e. The van der Waals surface area contributed by atoms with E-state index in [0.717, 1.165) is 58.0 Å². The van der Waals surface area contributed by atoms with Crippen molar-refractivity contribution in [1.29, 1.82) is 0 Å². The summed E-state index contributed by atoms with van der Waals surface area (Å²) in [5.41, 5.74) is 1.22. The molecule has 6 heteroatoms. The molecule has 2 aromatic rings. The topological polar surface area (TPSA) is 44.8 Å². The number of methoxy groups -OCH3 is 1. The lowest BCUT2D eigenvalue weighted by Crippen LogP contribution is -2.31. The molecule has 2 fully saturated rings. The quantitative estimate of drug-likeness (QED) is 0.244. The van der Waals surface area contributed by atoms with Gasteiger partial charge < -0.3 is 14.2 Å². The Bertz CT molecular complexity index is 973. The minimum atomic E-state index is -0.272. The number of aryl methyl sites for hydroxylation is 1. The second-order valence-electron chi connectivity index (χ2n) is 9.05. The summed E-state index contributed by atoms with van der Waals surface area (Å²) in [6.45, 7) is 0.768. The minimum absolute atomic E-state index is 0.00605. The van der Waals surface area contributed by atoms with Gasteiger partial charge in [0.1, 0.15) is 4.88 Å². The maximum absolute atomic E-state index is 11.7. The second-order valence-corrected chi connectivity index (χ2v) is 10.8. The van der Waals surface area contributed by atoms with Gasteiger partial charge in [-0.15, -0.1) is 22.9 Å². The molecule has 1 saturated heterocycles. The molecule has 34 heavy (non-hydrogen) atoms. The number of carbonyl (C=O) groups is 1. The van der Waals surface area contributed by atoms with Gasteiger partial charge in [0, 0.05) is 23.3 Å². The van der Waals surface area contributed by atoms with Crippen molar-refractivity contribution < 1.29 is 19.0 Å². The fraction of sp³-hybridized carbons (Fsp3) is 0.536. The number of carbonyl (C=O) groups excluding carboxylic acids is 1. The summed E-state index contributed by atoms with van der Waals surface area (Å²) in [7, 11) is 1.41. The van der Waals surface area contributed by atoms with Crippen LogP contribution in [-0.2, 0) is 27.1 Å². The number of ether oxygens (including phenoxy) is 3. The summed E-state index contributed by atoms with van der Waals surface area (Å²) >= 11 is 8.39. The Hall–Kier alpha value is -1.84. The molecule has 0 N–H and O–H groups in total.